The van der Waals surface area contributed by atoms with Gasteiger partial charge in [0.2, 0.25) is 0 Å². The highest BCUT2D eigenvalue weighted by Gasteiger charge is 2.27. The molecule has 1 aromatic heterocycles. The second-order valence-electron chi connectivity index (χ2n) is 4.88. The maximum absolute atomic E-state index is 5.52. The molecule has 2 aliphatic rings. The van der Waals surface area contributed by atoms with E-state index in [-0.39, 0.29) is 6.04 Å². The molecule has 1 unspecified atom stereocenters. The maximum Gasteiger partial charge on any atom is 0.113 e. The minimum Gasteiger partial charge on any atom is -0.378 e. The van der Waals surface area contributed by atoms with E-state index in [1.54, 1.807) is 0 Å². The Morgan fingerprint density at radius 2 is 2.37 bits per heavy atom. The van der Waals surface area contributed by atoms with Crippen molar-refractivity contribution in [2.24, 2.45) is 0 Å². The number of hydrogen-bond acceptors (Lipinski definition) is 4. The molecule has 4 rings (SSSR count). The van der Waals surface area contributed by atoms with Crippen LogP contribution in [0.15, 0.2) is 22.7 Å². The van der Waals surface area contributed by atoms with Crippen molar-refractivity contribution in [3.63, 3.8) is 0 Å². The van der Waals surface area contributed by atoms with Crippen molar-refractivity contribution in [1.82, 2.24) is 10.3 Å². The summed E-state index contributed by atoms with van der Waals surface area (Å²) >= 11 is 5.35. The van der Waals surface area contributed by atoms with Gasteiger partial charge in [0.25, 0.3) is 0 Å². The molecule has 2 aromatic rings. The summed E-state index contributed by atoms with van der Waals surface area (Å²) in [7, 11) is 0. The third-order valence-electron chi connectivity index (χ3n) is 3.61. The molecule has 1 fully saturated rings. The van der Waals surface area contributed by atoms with Crippen LogP contribution in [0.2, 0.25) is 0 Å². The highest BCUT2D eigenvalue weighted by molar-refractivity contribution is 9.10. The Kier molecular flexibility index (Phi) is 2.95. The molecular weight excluding hydrogens is 324 g/mol. The van der Waals surface area contributed by atoms with E-state index in [2.05, 4.69) is 39.4 Å². The van der Waals surface area contributed by atoms with Gasteiger partial charge in [0.15, 0.2) is 0 Å². The van der Waals surface area contributed by atoms with Crippen molar-refractivity contribution >= 4 is 27.3 Å². The zero-order chi connectivity index (χ0) is 12.8. The summed E-state index contributed by atoms with van der Waals surface area (Å²) in [5, 5.41) is 4.64. The second kappa shape index (κ2) is 4.66. The number of thiazole rings is 1. The SMILES string of the molecule is Brc1ccc2c(c1)Cc1sc(C3COCCN3)nc1-2. The van der Waals surface area contributed by atoms with Crippen LogP contribution in [0.5, 0.6) is 0 Å². The Morgan fingerprint density at radius 1 is 1.42 bits per heavy atom. The molecule has 98 valence electrons. The van der Waals surface area contributed by atoms with E-state index < -0.39 is 0 Å². The van der Waals surface area contributed by atoms with Crippen LogP contribution in [0.25, 0.3) is 11.3 Å². The normalized spacial score (nSPS) is 21.2. The minimum absolute atomic E-state index is 0.267. The smallest absolute Gasteiger partial charge is 0.113 e. The van der Waals surface area contributed by atoms with Gasteiger partial charge in [0, 0.05) is 27.9 Å². The Morgan fingerprint density at radius 3 is 3.21 bits per heavy atom. The van der Waals surface area contributed by atoms with Gasteiger partial charge in [-0.15, -0.1) is 11.3 Å². The number of fused-ring (bicyclic) bond motifs is 3. The number of morpholine rings is 1. The lowest BCUT2D eigenvalue weighted by Crippen LogP contribution is -2.34. The van der Waals surface area contributed by atoms with Crippen molar-refractivity contribution in [1.29, 1.82) is 0 Å². The molecular formula is C14H13BrN2OS. The number of nitrogens with zero attached hydrogens (tertiary/aromatic N) is 1. The number of halogens is 1. The first-order valence-corrected chi connectivity index (χ1v) is 8.02. The Hall–Kier alpha value is -0.750. The molecule has 19 heavy (non-hydrogen) atoms. The van der Waals surface area contributed by atoms with Gasteiger partial charge in [0.1, 0.15) is 5.01 Å². The van der Waals surface area contributed by atoms with E-state index >= 15 is 0 Å². The lowest BCUT2D eigenvalue weighted by molar-refractivity contribution is 0.0768. The molecule has 1 aromatic carbocycles. The molecule has 0 bridgehead atoms. The molecule has 0 saturated carbocycles. The summed E-state index contributed by atoms with van der Waals surface area (Å²) in [6, 6.07) is 6.73. The molecule has 0 amide bonds. The molecule has 1 aliphatic carbocycles. The van der Waals surface area contributed by atoms with E-state index in [9.17, 15) is 0 Å². The van der Waals surface area contributed by atoms with Gasteiger partial charge in [-0.05, 0) is 17.7 Å². The van der Waals surface area contributed by atoms with Crippen LogP contribution in [-0.2, 0) is 11.2 Å². The first-order chi connectivity index (χ1) is 9.31. The topological polar surface area (TPSA) is 34.1 Å². The molecule has 0 radical (unpaired) electrons. The lowest BCUT2D eigenvalue weighted by Gasteiger charge is -2.21. The number of aromatic nitrogens is 1. The zero-order valence-electron chi connectivity index (χ0n) is 10.3. The molecule has 1 N–H and O–H groups in total. The fourth-order valence-electron chi connectivity index (χ4n) is 2.69. The fourth-order valence-corrected chi connectivity index (χ4v) is 4.26. The molecule has 0 spiro atoms. The summed E-state index contributed by atoms with van der Waals surface area (Å²) in [6.45, 7) is 2.45. The summed E-state index contributed by atoms with van der Waals surface area (Å²) in [6.07, 6.45) is 1.01. The van der Waals surface area contributed by atoms with Crippen molar-refractivity contribution < 1.29 is 4.74 Å². The summed E-state index contributed by atoms with van der Waals surface area (Å²) < 4.78 is 6.66. The van der Waals surface area contributed by atoms with Crippen LogP contribution in [0.3, 0.4) is 0 Å². The van der Waals surface area contributed by atoms with Gasteiger partial charge in [-0.1, -0.05) is 22.0 Å². The number of benzene rings is 1. The minimum atomic E-state index is 0.267. The zero-order valence-corrected chi connectivity index (χ0v) is 12.7. The molecule has 3 nitrogen and oxygen atoms in total. The van der Waals surface area contributed by atoms with E-state index in [1.165, 1.54) is 26.7 Å². The second-order valence-corrected chi connectivity index (χ2v) is 6.91. The lowest BCUT2D eigenvalue weighted by atomic mass is 10.1. The fraction of sp³-hybridized carbons (Fsp3) is 0.357. The molecule has 1 atom stereocenters. The highest BCUT2D eigenvalue weighted by Crippen LogP contribution is 2.41. The highest BCUT2D eigenvalue weighted by atomic mass is 79.9. The summed E-state index contributed by atoms with van der Waals surface area (Å²) in [5.74, 6) is 0. The van der Waals surface area contributed by atoms with Gasteiger partial charge in [-0.3, -0.25) is 0 Å². The van der Waals surface area contributed by atoms with Crippen LogP contribution in [0, 0.1) is 0 Å². The molecule has 1 aliphatic heterocycles. The predicted octanol–water partition coefficient (Wildman–Crippen LogP) is 3.14. The first kappa shape index (κ1) is 12.0. The average Bonchev–Trinajstić information content (AvgIpc) is 2.96. The van der Waals surface area contributed by atoms with Gasteiger partial charge >= 0.3 is 0 Å². The van der Waals surface area contributed by atoms with Crippen molar-refractivity contribution in [3.05, 3.63) is 38.1 Å². The van der Waals surface area contributed by atoms with E-state index in [1.807, 2.05) is 11.3 Å². The van der Waals surface area contributed by atoms with E-state index in [4.69, 9.17) is 9.72 Å². The average molecular weight is 337 g/mol. The van der Waals surface area contributed by atoms with Crippen LogP contribution in [0.1, 0.15) is 21.5 Å². The van der Waals surface area contributed by atoms with Crippen LogP contribution >= 0.6 is 27.3 Å². The first-order valence-electron chi connectivity index (χ1n) is 6.41. The van der Waals surface area contributed by atoms with E-state index in [0.29, 0.717) is 0 Å². The predicted molar refractivity (Wildman–Crippen MR) is 79.6 cm³/mol. The van der Waals surface area contributed by atoms with E-state index in [0.717, 1.165) is 30.7 Å². The number of hydrogen-bond donors (Lipinski definition) is 1. The standard InChI is InChI=1S/C14H13BrN2OS/c15-9-1-2-10-8(5-9)6-12-13(10)17-14(19-12)11-7-18-4-3-16-11/h1-2,5,11,16H,3-4,6-7H2. The Bertz CT molecular complexity index is 634. The van der Waals surface area contributed by atoms with Crippen LogP contribution < -0.4 is 5.32 Å². The Balaban J connectivity index is 1.71. The molecule has 5 heteroatoms. The quantitative estimate of drug-likeness (QED) is 0.741. The van der Waals surface area contributed by atoms with Gasteiger partial charge in [0.05, 0.1) is 24.9 Å². The van der Waals surface area contributed by atoms with Crippen molar-refractivity contribution in [3.8, 4) is 11.3 Å². The number of rotatable bonds is 1. The van der Waals surface area contributed by atoms with Gasteiger partial charge < -0.3 is 10.1 Å². The number of ether oxygens (including phenoxy) is 1. The number of nitrogens with one attached hydrogen (secondary N) is 1. The third-order valence-corrected chi connectivity index (χ3v) is 5.27. The third kappa shape index (κ3) is 2.05. The van der Waals surface area contributed by atoms with Crippen molar-refractivity contribution in [2.45, 2.75) is 12.5 Å². The Labute approximate surface area is 124 Å². The maximum atomic E-state index is 5.52. The summed E-state index contributed by atoms with van der Waals surface area (Å²) in [5.41, 5.74) is 3.84. The summed E-state index contributed by atoms with van der Waals surface area (Å²) in [4.78, 5) is 6.23. The van der Waals surface area contributed by atoms with Crippen molar-refractivity contribution in [2.75, 3.05) is 19.8 Å². The van der Waals surface area contributed by atoms with Crippen LogP contribution in [0.4, 0.5) is 0 Å². The van der Waals surface area contributed by atoms with Gasteiger partial charge in [-0.2, -0.15) is 0 Å². The van der Waals surface area contributed by atoms with Crippen LogP contribution in [-0.4, -0.2) is 24.7 Å². The molecule has 1 saturated heterocycles. The monoisotopic (exact) mass is 336 g/mol. The largest absolute Gasteiger partial charge is 0.378 e. The molecule has 2 heterocycles. The van der Waals surface area contributed by atoms with Gasteiger partial charge in [-0.25, -0.2) is 4.98 Å².